The molecule has 0 aliphatic rings. The Labute approximate surface area is 181 Å². The molecule has 10 nitrogen and oxygen atoms in total. The number of carboxylic acids is 1. The first-order valence-corrected chi connectivity index (χ1v) is 9.20. The van der Waals surface area contributed by atoms with Crippen molar-refractivity contribution in [3.8, 4) is 5.75 Å². The zero-order valence-electron chi connectivity index (χ0n) is 16.7. The van der Waals surface area contributed by atoms with Crippen molar-refractivity contribution in [1.82, 2.24) is 0 Å². The predicted octanol–water partition coefficient (Wildman–Crippen LogP) is 3.81. The topological polar surface area (TPSA) is 159 Å². The van der Waals surface area contributed by atoms with Gasteiger partial charge in [-0.3, -0.25) is 19.7 Å². The zero-order chi connectivity index (χ0) is 23.4. The second kappa shape index (κ2) is 8.96. The highest BCUT2D eigenvalue weighted by atomic mass is 16.6. The van der Waals surface area contributed by atoms with Gasteiger partial charge in [0.15, 0.2) is 0 Å². The van der Waals surface area contributed by atoms with Gasteiger partial charge in [-0.15, -0.1) is 0 Å². The number of aromatic hydroxyl groups is 1. The molecule has 0 fully saturated rings. The van der Waals surface area contributed by atoms with Gasteiger partial charge in [-0.2, -0.15) is 0 Å². The highest BCUT2D eigenvalue weighted by Crippen LogP contribution is 2.24. The molecule has 10 heteroatoms. The summed E-state index contributed by atoms with van der Waals surface area (Å²) < 4.78 is 0. The molecule has 0 unspecified atom stereocenters. The minimum Gasteiger partial charge on any atom is -0.507 e. The molecule has 0 bridgehead atoms. The molecule has 0 aromatic heterocycles. The molecule has 0 aliphatic carbocycles. The van der Waals surface area contributed by atoms with Gasteiger partial charge in [0.25, 0.3) is 17.5 Å². The summed E-state index contributed by atoms with van der Waals surface area (Å²) in [5, 5.41) is 34.7. The Morgan fingerprint density at radius 3 is 2.09 bits per heavy atom. The van der Waals surface area contributed by atoms with Crippen molar-refractivity contribution in [2.75, 3.05) is 10.6 Å². The van der Waals surface area contributed by atoms with E-state index >= 15 is 0 Å². The molecule has 0 heterocycles. The van der Waals surface area contributed by atoms with Gasteiger partial charge in [0.2, 0.25) is 0 Å². The first kappa shape index (κ1) is 22.0. The number of carbonyl (C=O) groups excluding carboxylic acids is 2. The van der Waals surface area contributed by atoms with E-state index in [1.807, 2.05) is 0 Å². The first-order chi connectivity index (χ1) is 15.2. The molecule has 0 atom stereocenters. The molecule has 162 valence electrons. The van der Waals surface area contributed by atoms with Crippen LogP contribution in [0.3, 0.4) is 0 Å². The first-order valence-electron chi connectivity index (χ1n) is 9.20. The Kier molecular flexibility index (Phi) is 6.15. The van der Waals surface area contributed by atoms with Gasteiger partial charge in [0, 0.05) is 40.7 Å². The molecule has 0 saturated carbocycles. The number of carboxylic acid groups (broad SMARTS) is 1. The van der Waals surface area contributed by atoms with Crippen LogP contribution in [0.4, 0.5) is 17.1 Å². The van der Waals surface area contributed by atoms with Crippen LogP contribution < -0.4 is 10.6 Å². The van der Waals surface area contributed by atoms with E-state index in [2.05, 4.69) is 10.6 Å². The summed E-state index contributed by atoms with van der Waals surface area (Å²) in [6.45, 7) is 1.73. The van der Waals surface area contributed by atoms with E-state index in [0.29, 0.717) is 11.3 Å². The molecular weight excluding hydrogens is 418 g/mol. The second-order valence-corrected chi connectivity index (χ2v) is 6.78. The van der Waals surface area contributed by atoms with Gasteiger partial charge in [-0.25, -0.2) is 4.79 Å². The number of nitro groups is 1. The Bertz CT molecular complexity index is 1240. The van der Waals surface area contributed by atoms with Gasteiger partial charge in [-0.05, 0) is 48.9 Å². The maximum absolute atomic E-state index is 12.6. The Morgan fingerprint density at radius 1 is 0.875 bits per heavy atom. The summed E-state index contributed by atoms with van der Waals surface area (Å²) in [5.41, 5.74) is 1.21. The minimum absolute atomic E-state index is 0.140. The number of hydrogen-bond acceptors (Lipinski definition) is 6. The fourth-order valence-corrected chi connectivity index (χ4v) is 2.82. The summed E-state index contributed by atoms with van der Waals surface area (Å²) >= 11 is 0. The van der Waals surface area contributed by atoms with Gasteiger partial charge in [0.05, 0.1) is 4.92 Å². The number of aryl methyl sites for hydroxylation is 1. The maximum atomic E-state index is 12.6. The standard InChI is InChI=1S/C22H17N3O7/c1-12-2-3-14(21(28)23-15-6-9-17(22(29)30)19(26)11-15)10-18(12)24-20(27)13-4-7-16(8-5-13)25(31)32/h2-11,26H,1H3,(H,23,28)(H,24,27)(H,29,30). The van der Waals surface area contributed by atoms with Crippen molar-refractivity contribution in [1.29, 1.82) is 0 Å². The fraction of sp³-hybridized carbons (Fsp3) is 0.0455. The van der Waals surface area contributed by atoms with E-state index in [-0.39, 0.29) is 28.1 Å². The van der Waals surface area contributed by atoms with Gasteiger partial charge in [-0.1, -0.05) is 6.07 Å². The zero-order valence-corrected chi connectivity index (χ0v) is 16.7. The van der Waals surface area contributed by atoms with Crippen LogP contribution in [0.1, 0.15) is 36.6 Å². The number of hydrogen-bond donors (Lipinski definition) is 4. The lowest BCUT2D eigenvalue weighted by molar-refractivity contribution is -0.384. The Morgan fingerprint density at radius 2 is 1.50 bits per heavy atom. The van der Waals surface area contributed by atoms with Crippen molar-refractivity contribution in [3.05, 3.63) is 93.0 Å². The third-order valence-electron chi connectivity index (χ3n) is 4.57. The van der Waals surface area contributed by atoms with Crippen LogP contribution >= 0.6 is 0 Å². The Hall–Kier alpha value is -4.73. The number of anilines is 2. The minimum atomic E-state index is -1.30. The lowest BCUT2D eigenvalue weighted by atomic mass is 10.1. The quantitative estimate of drug-likeness (QED) is 0.338. The van der Waals surface area contributed by atoms with E-state index < -0.39 is 28.5 Å². The number of benzene rings is 3. The lowest BCUT2D eigenvalue weighted by Gasteiger charge is -2.12. The van der Waals surface area contributed by atoms with E-state index in [1.165, 1.54) is 42.5 Å². The van der Waals surface area contributed by atoms with Gasteiger partial charge in [0.1, 0.15) is 11.3 Å². The number of non-ortho nitro benzene ring substituents is 1. The normalized spacial score (nSPS) is 10.3. The molecule has 3 aromatic rings. The van der Waals surface area contributed by atoms with Crippen LogP contribution in [0.15, 0.2) is 60.7 Å². The van der Waals surface area contributed by atoms with Crippen molar-refractivity contribution in [2.45, 2.75) is 6.92 Å². The highest BCUT2D eigenvalue weighted by molar-refractivity contribution is 6.08. The average Bonchev–Trinajstić information content (AvgIpc) is 2.75. The van der Waals surface area contributed by atoms with E-state index in [0.717, 1.165) is 12.1 Å². The summed E-state index contributed by atoms with van der Waals surface area (Å²) in [5.74, 6) is -2.84. The predicted molar refractivity (Wildman–Crippen MR) is 115 cm³/mol. The molecule has 3 rings (SSSR count). The molecule has 3 aromatic carbocycles. The van der Waals surface area contributed by atoms with Crippen molar-refractivity contribution >= 4 is 34.8 Å². The maximum Gasteiger partial charge on any atom is 0.339 e. The number of nitrogens with zero attached hydrogens (tertiary/aromatic N) is 1. The monoisotopic (exact) mass is 435 g/mol. The smallest absolute Gasteiger partial charge is 0.339 e. The number of aromatic carboxylic acids is 1. The summed E-state index contributed by atoms with van der Waals surface area (Å²) in [6, 6.07) is 13.3. The summed E-state index contributed by atoms with van der Waals surface area (Å²) in [6.07, 6.45) is 0. The van der Waals surface area contributed by atoms with Crippen molar-refractivity contribution in [3.63, 3.8) is 0 Å². The molecule has 32 heavy (non-hydrogen) atoms. The SMILES string of the molecule is Cc1ccc(C(=O)Nc2ccc(C(=O)O)c(O)c2)cc1NC(=O)c1ccc([N+](=O)[O-])cc1. The van der Waals surface area contributed by atoms with Crippen LogP contribution in [0.25, 0.3) is 0 Å². The van der Waals surface area contributed by atoms with Crippen molar-refractivity contribution in [2.24, 2.45) is 0 Å². The van der Waals surface area contributed by atoms with E-state index in [4.69, 9.17) is 5.11 Å². The number of rotatable bonds is 6. The highest BCUT2D eigenvalue weighted by Gasteiger charge is 2.15. The van der Waals surface area contributed by atoms with E-state index in [9.17, 15) is 29.6 Å². The van der Waals surface area contributed by atoms with Crippen LogP contribution in [0.2, 0.25) is 0 Å². The van der Waals surface area contributed by atoms with Gasteiger partial charge < -0.3 is 20.8 Å². The largest absolute Gasteiger partial charge is 0.507 e. The molecular formula is C22H17N3O7. The Balaban J connectivity index is 1.76. The van der Waals surface area contributed by atoms with E-state index in [1.54, 1.807) is 13.0 Å². The van der Waals surface area contributed by atoms with Crippen LogP contribution in [-0.4, -0.2) is 32.9 Å². The fourth-order valence-electron chi connectivity index (χ4n) is 2.82. The third-order valence-corrected chi connectivity index (χ3v) is 4.57. The molecule has 0 spiro atoms. The molecule has 4 N–H and O–H groups in total. The molecule has 0 radical (unpaired) electrons. The molecule has 0 aliphatic heterocycles. The molecule has 0 saturated heterocycles. The number of carbonyl (C=O) groups is 3. The lowest BCUT2D eigenvalue weighted by Crippen LogP contribution is -2.15. The number of phenols is 1. The average molecular weight is 435 g/mol. The van der Waals surface area contributed by atoms with Crippen LogP contribution in [-0.2, 0) is 0 Å². The van der Waals surface area contributed by atoms with Crippen molar-refractivity contribution < 1.29 is 29.5 Å². The number of nitro benzene ring substituents is 1. The number of nitrogens with one attached hydrogen (secondary N) is 2. The molecule has 2 amide bonds. The summed E-state index contributed by atoms with van der Waals surface area (Å²) in [7, 11) is 0. The van der Waals surface area contributed by atoms with Crippen LogP contribution in [0, 0.1) is 17.0 Å². The summed E-state index contributed by atoms with van der Waals surface area (Å²) in [4.78, 5) is 46.2. The van der Waals surface area contributed by atoms with Crippen LogP contribution in [0.5, 0.6) is 5.75 Å². The second-order valence-electron chi connectivity index (χ2n) is 6.78. The number of amides is 2. The van der Waals surface area contributed by atoms with Gasteiger partial charge >= 0.3 is 5.97 Å². The third kappa shape index (κ3) is 4.87.